The summed E-state index contributed by atoms with van der Waals surface area (Å²) in [5.41, 5.74) is 0.564. The molecule has 0 atom stereocenters. The Morgan fingerprint density at radius 3 is 2.12 bits per heavy atom. The van der Waals surface area contributed by atoms with E-state index in [-0.39, 0.29) is 22.8 Å². The van der Waals surface area contributed by atoms with E-state index < -0.39 is 16.0 Å². The third-order valence-corrected chi connectivity index (χ3v) is 4.88. The third-order valence-electron chi connectivity index (χ3n) is 3.48. The molecule has 0 aliphatic rings. The van der Waals surface area contributed by atoms with Crippen LogP contribution >= 0.6 is 0 Å². The number of sulfonamides is 1. The number of hydrogen-bond acceptors (Lipinski definition) is 6. The summed E-state index contributed by atoms with van der Waals surface area (Å²) < 4.78 is 43.4. The van der Waals surface area contributed by atoms with Crippen molar-refractivity contribution >= 4 is 21.7 Å². The van der Waals surface area contributed by atoms with Gasteiger partial charge >= 0.3 is 5.97 Å². The molecule has 26 heavy (non-hydrogen) atoms. The maximum Gasteiger partial charge on any atom is 0.307 e. The molecule has 0 fully saturated rings. The van der Waals surface area contributed by atoms with Crippen LogP contribution in [0.2, 0.25) is 0 Å². The van der Waals surface area contributed by atoms with Crippen molar-refractivity contribution in [3.05, 3.63) is 42.0 Å². The first-order valence-electron chi connectivity index (χ1n) is 7.43. The molecule has 8 nitrogen and oxygen atoms in total. The van der Waals surface area contributed by atoms with Gasteiger partial charge in [0, 0.05) is 18.2 Å². The molecule has 2 N–H and O–H groups in total. The lowest BCUT2D eigenvalue weighted by molar-refractivity contribution is -0.136. The maximum absolute atomic E-state index is 12.8. The Morgan fingerprint density at radius 2 is 1.62 bits per heavy atom. The molecule has 0 saturated carbocycles. The zero-order valence-corrected chi connectivity index (χ0v) is 15.3. The Hall–Kier alpha value is -2.94. The fraction of sp³-hybridized carbons (Fsp3) is 0.235. The minimum absolute atomic E-state index is 0.0986. The van der Waals surface area contributed by atoms with E-state index in [0.717, 1.165) is 0 Å². The SMILES string of the molecule is COc1cc(NS(=O)(=O)c2cc(CC(=O)O)ccc2OC)cc(OC)c1. The molecular formula is C17H19NO7S. The van der Waals surface area contributed by atoms with Crippen LogP contribution in [0.3, 0.4) is 0 Å². The van der Waals surface area contributed by atoms with Crippen molar-refractivity contribution < 1.29 is 32.5 Å². The summed E-state index contributed by atoms with van der Waals surface area (Å²) in [6.45, 7) is 0. The fourth-order valence-electron chi connectivity index (χ4n) is 2.29. The molecule has 0 aromatic heterocycles. The topological polar surface area (TPSA) is 111 Å². The van der Waals surface area contributed by atoms with Gasteiger partial charge in [-0.05, 0) is 17.7 Å². The summed E-state index contributed by atoms with van der Waals surface area (Å²) in [4.78, 5) is 10.7. The van der Waals surface area contributed by atoms with Crippen LogP contribution in [0.5, 0.6) is 17.2 Å². The second kappa shape index (κ2) is 7.96. The van der Waals surface area contributed by atoms with Gasteiger partial charge in [-0.15, -0.1) is 0 Å². The molecule has 0 aliphatic heterocycles. The van der Waals surface area contributed by atoms with E-state index >= 15 is 0 Å². The number of ether oxygens (including phenoxy) is 3. The average Bonchev–Trinajstić information content (AvgIpc) is 2.60. The molecule has 0 unspecified atom stereocenters. The molecule has 0 amide bonds. The van der Waals surface area contributed by atoms with E-state index in [2.05, 4.69) is 4.72 Å². The number of anilines is 1. The quantitative estimate of drug-likeness (QED) is 0.720. The first-order valence-corrected chi connectivity index (χ1v) is 8.92. The monoisotopic (exact) mass is 381 g/mol. The third kappa shape index (κ3) is 4.57. The Kier molecular flexibility index (Phi) is 5.93. The summed E-state index contributed by atoms with van der Waals surface area (Å²) >= 11 is 0. The van der Waals surface area contributed by atoms with Crippen LogP contribution in [0.15, 0.2) is 41.3 Å². The number of benzene rings is 2. The van der Waals surface area contributed by atoms with Gasteiger partial charge in [0.25, 0.3) is 10.0 Å². The number of carboxylic acid groups (broad SMARTS) is 1. The second-order valence-corrected chi connectivity index (χ2v) is 6.91. The van der Waals surface area contributed by atoms with Gasteiger partial charge in [0.1, 0.15) is 22.1 Å². The van der Waals surface area contributed by atoms with Gasteiger partial charge in [-0.3, -0.25) is 9.52 Å². The van der Waals surface area contributed by atoms with E-state index in [1.165, 1.54) is 51.7 Å². The molecule has 0 heterocycles. The average molecular weight is 381 g/mol. The summed E-state index contributed by atoms with van der Waals surface area (Å²) in [5, 5.41) is 8.91. The molecule has 140 valence electrons. The Balaban J connectivity index is 2.45. The molecule has 9 heteroatoms. The van der Waals surface area contributed by atoms with Crippen molar-refractivity contribution in [2.75, 3.05) is 26.1 Å². The van der Waals surface area contributed by atoms with Crippen LogP contribution in [-0.4, -0.2) is 40.8 Å². The lowest BCUT2D eigenvalue weighted by Crippen LogP contribution is -2.15. The van der Waals surface area contributed by atoms with Crippen LogP contribution in [0.1, 0.15) is 5.56 Å². The molecule has 0 bridgehead atoms. The normalized spacial score (nSPS) is 10.9. The minimum atomic E-state index is -4.04. The van der Waals surface area contributed by atoms with Crippen molar-refractivity contribution in [3.8, 4) is 17.2 Å². The first-order chi connectivity index (χ1) is 12.3. The van der Waals surface area contributed by atoms with E-state index in [1.54, 1.807) is 6.07 Å². The van der Waals surface area contributed by atoms with E-state index in [0.29, 0.717) is 17.1 Å². The number of nitrogens with one attached hydrogen (secondary N) is 1. The van der Waals surface area contributed by atoms with Crippen molar-refractivity contribution in [3.63, 3.8) is 0 Å². The summed E-state index contributed by atoms with van der Waals surface area (Å²) in [7, 11) is 0.189. The highest BCUT2D eigenvalue weighted by Crippen LogP contribution is 2.30. The lowest BCUT2D eigenvalue weighted by Gasteiger charge is -2.14. The van der Waals surface area contributed by atoms with Crippen molar-refractivity contribution in [2.45, 2.75) is 11.3 Å². The van der Waals surface area contributed by atoms with Crippen LogP contribution < -0.4 is 18.9 Å². The number of carboxylic acids is 1. The minimum Gasteiger partial charge on any atom is -0.497 e. The van der Waals surface area contributed by atoms with Gasteiger partial charge in [0.2, 0.25) is 0 Å². The van der Waals surface area contributed by atoms with Crippen LogP contribution in [0, 0.1) is 0 Å². The van der Waals surface area contributed by atoms with E-state index in [9.17, 15) is 13.2 Å². The molecule has 0 aliphatic carbocycles. The second-order valence-electron chi connectivity index (χ2n) is 5.26. The van der Waals surface area contributed by atoms with E-state index in [1.807, 2.05) is 0 Å². The van der Waals surface area contributed by atoms with Crippen molar-refractivity contribution in [1.82, 2.24) is 0 Å². The summed E-state index contributed by atoms with van der Waals surface area (Å²) in [6, 6.07) is 8.78. The van der Waals surface area contributed by atoms with Gasteiger partial charge in [-0.25, -0.2) is 8.42 Å². The molecular weight excluding hydrogens is 362 g/mol. The molecule has 0 saturated heterocycles. The Morgan fingerprint density at radius 1 is 1.00 bits per heavy atom. The van der Waals surface area contributed by atoms with Crippen molar-refractivity contribution in [1.29, 1.82) is 0 Å². The first kappa shape index (κ1) is 19.4. The largest absolute Gasteiger partial charge is 0.497 e. The maximum atomic E-state index is 12.8. The fourth-order valence-corrected chi connectivity index (χ4v) is 3.55. The molecule has 0 spiro atoms. The number of aliphatic carboxylic acids is 1. The van der Waals surface area contributed by atoms with E-state index in [4.69, 9.17) is 19.3 Å². The summed E-state index contributed by atoms with van der Waals surface area (Å²) in [5.74, 6) is -0.146. The zero-order valence-electron chi connectivity index (χ0n) is 14.5. The number of rotatable bonds is 8. The number of carbonyl (C=O) groups is 1. The van der Waals surface area contributed by atoms with Crippen LogP contribution in [0.25, 0.3) is 0 Å². The zero-order chi connectivity index (χ0) is 19.3. The predicted molar refractivity (Wildman–Crippen MR) is 94.7 cm³/mol. The Labute approximate surface area is 151 Å². The number of methoxy groups -OCH3 is 3. The molecule has 0 radical (unpaired) electrons. The van der Waals surface area contributed by atoms with Gasteiger partial charge in [0.05, 0.1) is 33.4 Å². The predicted octanol–water partition coefficient (Wildman–Crippen LogP) is 2.14. The molecule has 2 rings (SSSR count). The van der Waals surface area contributed by atoms with Gasteiger partial charge in [-0.2, -0.15) is 0 Å². The Bertz CT molecular complexity index is 887. The van der Waals surface area contributed by atoms with Crippen LogP contribution in [-0.2, 0) is 21.2 Å². The highest BCUT2D eigenvalue weighted by Gasteiger charge is 2.21. The van der Waals surface area contributed by atoms with Crippen molar-refractivity contribution in [2.24, 2.45) is 0 Å². The van der Waals surface area contributed by atoms with Gasteiger partial charge in [0.15, 0.2) is 0 Å². The standard InChI is InChI=1S/C17H19NO7S/c1-23-13-8-12(9-14(10-13)24-2)18-26(21,22)16-6-11(7-17(19)20)4-5-15(16)25-3/h4-6,8-10,18H,7H2,1-3H3,(H,19,20). The number of hydrogen-bond donors (Lipinski definition) is 2. The molecule has 2 aromatic carbocycles. The molecule has 2 aromatic rings. The van der Waals surface area contributed by atoms with Gasteiger partial charge in [-0.1, -0.05) is 6.07 Å². The van der Waals surface area contributed by atoms with Gasteiger partial charge < -0.3 is 19.3 Å². The van der Waals surface area contributed by atoms with Crippen LogP contribution in [0.4, 0.5) is 5.69 Å². The highest BCUT2D eigenvalue weighted by atomic mass is 32.2. The smallest absolute Gasteiger partial charge is 0.307 e. The summed E-state index contributed by atoms with van der Waals surface area (Å²) in [6.07, 6.45) is -0.306. The highest BCUT2D eigenvalue weighted by molar-refractivity contribution is 7.92. The lowest BCUT2D eigenvalue weighted by atomic mass is 10.1.